The van der Waals surface area contributed by atoms with E-state index in [1.165, 1.54) is 22.4 Å². The predicted octanol–water partition coefficient (Wildman–Crippen LogP) is 4.81. The zero-order valence-electron chi connectivity index (χ0n) is 10.6. The summed E-state index contributed by atoms with van der Waals surface area (Å²) in [5.41, 5.74) is 2.04. The first kappa shape index (κ1) is 12.9. The molecular weight excluding hydrogens is 274 g/mol. The molecular formula is C15H15NOS2. The summed E-state index contributed by atoms with van der Waals surface area (Å²) >= 11 is 3.40. The van der Waals surface area contributed by atoms with Crippen LogP contribution >= 0.6 is 23.1 Å². The van der Waals surface area contributed by atoms with Gasteiger partial charge < -0.3 is 0 Å². The average molecular weight is 289 g/mol. The molecule has 19 heavy (non-hydrogen) atoms. The van der Waals surface area contributed by atoms with Crippen LogP contribution in [0.25, 0.3) is 10.2 Å². The second-order valence-corrected chi connectivity index (χ2v) is 7.05. The topological polar surface area (TPSA) is 30.0 Å². The van der Waals surface area contributed by atoms with E-state index in [1.807, 2.05) is 18.2 Å². The van der Waals surface area contributed by atoms with Crippen LogP contribution in [0.5, 0.6) is 0 Å². The number of hydrogen-bond acceptors (Lipinski definition) is 4. The highest BCUT2D eigenvalue weighted by molar-refractivity contribution is 8.04. The monoisotopic (exact) mass is 289 g/mol. The summed E-state index contributed by atoms with van der Waals surface area (Å²) in [6, 6.07) is 8.19. The number of rotatable bonds is 3. The van der Waals surface area contributed by atoms with Gasteiger partial charge in [0.2, 0.25) is 0 Å². The number of benzene rings is 1. The van der Waals surface area contributed by atoms with E-state index >= 15 is 0 Å². The third-order valence-corrected chi connectivity index (χ3v) is 5.64. The van der Waals surface area contributed by atoms with Crippen LogP contribution in [0.2, 0.25) is 0 Å². The lowest BCUT2D eigenvalue weighted by Gasteiger charge is -2.04. The second kappa shape index (κ2) is 5.88. The summed E-state index contributed by atoms with van der Waals surface area (Å²) < 4.78 is 2.27. The average Bonchev–Trinajstić information content (AvgIpc) is 2.70. The smallest absolute Gasteiger partial charge is 0.155 e. The van der Waals surface area contributed by atoms with Crippen LogP contribution in [0.1, 0.15) is 32.1 Å². The number of carbonyl (C=O) groups is 1. The van der Waals surface area contributed by atoms with Crippen LogP contribution in [0.3, 0.4) is 0 Å². The summed E-state index contributed by atoms with van der Waals surface area (Å²) in [5.74, 6) is 0. The molecule has 0 radical (unpaired) electrons. The molecule has 0 unspecified atom stereocenters. The van der Waals surface area contributed by atoms with E-state index in [9.17, 15) is 4.79 Å². The van der Waals surface area contributed by atoms with Gasteiger partial charge in [-0.2, -0.15) is 0 Å². The maximum Gasteiger partial charge on any atom is 0.155 e. The molecule has 0 saturated carbocycles. The molecule has 1 aromatic carbocycles. The van der Waals surface area contributed by atoms with E-state index in [2.05, 4.69) is 11.1 Å². The Balaban J connectivity index is 1.90. The summed E-state index contributed by atoms with van der Waals surface area (Å²) in [6.07, 6.45) is 6.54. The number of aromatic nitrogens is 1. The fraction of sp³-hybridized carbons (Fsp3) is 0.333. The van der Waals surface area contributed by atoms with Crippen LogP contribution in [-0.2, 0) is 4.79 Å². The highest BCUT2D eigenvalue weighted by Crippen LogP contribution is 2.39. The van der Waals surface area contributed by atoms with Gasteiger partial charge in [-0.25, -0.2) is 4.98 Å². The van der Waals surface area contributed by atoms with Crippen molar-refractivity contribution in [1.82, 2.24) is 4.98 Å². The fourth-order valence-electron chi connectivity index (χ4n) is 2.32. The van der Waals surface area contributed by atoms with Crippen molar-refractivity contribution in [2.75, 3.05) is 0 Å². The molecule has 0 spiro atoms. The van der Waals surface area contributed by atoms with Crippen LogP contribution in [0.4, 0.5) is 0 Å². The summed E-state index contributed by atoms with van der Waals surface area (Å²) in [5, 5.41) is 0. The van der Waals surface area contributed by atoms with E-state index in [0.717, 1.165) is 41.0 Å². The van der Waals surface area contributed by atoms with Gasteiger partial charge in [-0.15, -0.1) is 11.3 Å². The Morgan fingerprint density at radius 2 is 2.00 bits per heavy atom. The number of aldehydes is 1. The first-order valence-electron chi connectivity index (χ1n) is 6.57. The van der Waals surface area contributed by atoms with E-state index in [0.29, 0.717) is 0 Å². The normalized spacial score (nSPS) is 16.6. The van der Waals surface area contributed by atoms with Gasteiger partial charge in [-0.3, -0.25) is 4.79 Å². The van der Waals surface area contributed by atoms with Crippen molar-refractivity contribution in [2.45, 2.75) is 36.4 Å². The van der Waals surface area contributed by atoms with Gasteiger partial charge in [-0.05, 0) is 42.7 Å². The number of nitrogens with zero attached hydrogens (tertiary/aromatic N) is 1. The lowest BCUT2D eigenvalue weighted by molar-refractivity contribution is -0.105. The molecule has 0 aliphatic heterocycles. The predicted molar refractivity (Wildman–Crippen MR) is 81.7 cm³/mol. The van der Waals surface area contributed by atoms with E-state index in [-0.39, 0.29) is 0 Å². The molecule has 1 aliphatic carbocycles. The highest BCUT2D eigenvalue weighted by Gasteiger charge is 2.14. The van der Waals surface area contributed by atoms with E-state index < -0.39 is 0 Å². The van der Waals surface area contributed by atoms with Crippen molar-refractivity contribution in [3.63, 3.8) is 0 Å². The van der Waals surface area contributed by atoms with Crippen molar-refractivity contribution in [3.8, 4) is 0 Å². The Labute approximate surface area is 120 Å². The van der Waals surface area contributed by atoms with Gasteiger partial charge in [0, 0.05) is 5.57 Å². The Kier molecular flexibility index (Phi) is 3.99. The largest absolute Gasteiger partial charge is 0.298 e. The lowest BCUT2D eigenvalue weighted by atomic mass is 10.1. The minimum atomic E-state index is 0.927. The summed E-state index contributed by atoms with van der Waals surface area (Å²) in [4.78, 5) is 17.1. The number of carbonyl (C=O) groups excluding carboxylic acids is 1. The minimum absolute atomic E-state index is 0.927. The number of hydrogen-bond donors (Lipinski definition) is 0. The maximum atomic E-state index is 11.2. The van der Waals surface area contributed by atoms with Crippen molar-refractivity contribution >= 4 is 39.6 Å². The van der Waals surface area contributed by atoms with Crippen LogP contribution in [0.15, 0.2) is 39.1 Å². The van der Waals surface area contributed by atoms with Crippen molar-refractivity contribution in [1.29, 1.82) is 0 Å². The van der Waals surface area contributed by atoms with Crippen molar-refractivity contribution in [2.24, 2.45) is 0 Å². The Hall–Kier alpha value is -1.13. The minimum Gasteiger partial charge on any atom is -0.298 e. The molecule has 98 valence electrons. The zero-order valence-corrected chi connectivity index (χ0v) is 12.2. The fourth-order valence-corrected chi connectivity index (χ4v) is 4.64. The third-order valence-electron chi connectivity index (χ3n) is 3.34. The quantitative estimate of drug-likeness (QED) is 0.760. The number of para-hydroxylation sites is 1. The number of allylic oxidation sites excluding steroid dienone is 2. The Morgan fingerprint density at radius 3 is 2.84 bits per heavy atom. The Bertz CT molecular complexity index is 597. The summed E-state index contributed by atoms with van der Waals surface area (Å²) in [6.45, 7) is 0. The Morgan fingerprint density at radius 1 is 1.16 bits per heavy atom. The van der Waals surface area contributed by atoms with Crippen LogP contribution in [0, 0.1) is 0 Å². The van der Waals surface area contributed by atoms with Crippen LogP contribution < -0.4 is 0 Å². The van der Waals surface area contributed by atoms with Gasteiger partial charge in [0.05, 0.1) is 10.2 Å². The number of fused-ring (bicyclic) bond motifs is 1. The molecule has 2 aromatic rings. The molecule has 1 aliphatic rings. The van der Waals surface area contributed by atoms with Gasteiger partial charge in [-0.1, -0.05) is 30.3 Å². The lowest BCUT2D eigenvalue weighted by Crippen LogP contribution is -1.88. The first-order chi connectivity index (χ1) is 9.36. The SMILES string of the molecule is O=CC1=C(Sc2nc3ccccc3s2)CCCCC1. The molecule has 0 fully saturated rings. The molecule has 4 heteroatoms. The van der Waals surface area contributed by atoms with Crippen LogP contribution in [-0.4, -0.2) is 11.3 Å². The summed E-state index contributed by atoms with van der Waals surface area (Å²) in [7, 11) is 0. The molecule has 1 aromatic heterocycles. The van der Waals surface area contributed by atoms with Crippen molar-refractivity contribution in [3.05, 3.63) is 34.7 Å². The second-order valence-electron chi connectivity index (χ2n) is 4.68. The third kappa shape index (κ3) is 2.90. The number of thioether (sulfide) groups is 1. The first-order valence-corrected chi connectivity index (χ1v) is 8.21. The molecule has 0 amide bonds. The molecule has 2 nitrogen and oxygen atoms in total. The molecule has 3 rings (SSSR count). The van der Waals surface area contributed by atoms with E-state index in [1.54, 1.807) is 23.1 Å². The highest BCUT2D eigenvalue weighted by atomic mass is 32.2. The molecule has 0 saturated heterocycles. The van der Waals surface area contributed by atoms with Crippen molar-refractivity contribution < 1.29 is 4.79 Å². The van der Waals surface area contributed by atoms with Gasteiger partial charge >= 0.3 is 0 Å². The molecule has 0 bridgehead atoms. The molecule has 0 atom stereocenters. The van der Waals surface area contributed by atoms with E-state index in [4.69, 9.17) is 0 Å². The zero-order chi connectivity index (χ0) is 13.1. The standard InChI is InChI=1S/C15H15NOS2/c17-10-11-6-2-1-3-8-13(11)18-15-16-12-7-4-5-9-14(12)19-15/h4-5,7,9-10H,1-3,6,8H2. The molecule has 1 heterocycles. The molecule has 0 N–H and O–H groups in total. The maximum absolute atomic E-state index is 11.2. The van der Waals surface area contributed by atoms with Gasteiger partial charge in [0.15, 0.2) is 4.34 Å². The van der Waals surface area contributed by atoms with Gasteiger partial charge in [0.25, 0.3) is 0 Å². The number of thiazole rings is 1. The van der Waals surface area contributed by atoms with Gasteiger partial charge in [0.1, 0.15) is 6.29 Å².